The van der Waals surface area contributed by atoms with E-state index in [-0.39, 0.29) is 41.0 Å². The quantitative estimate of drug-likeness (QED) is 0.288. The van der Waals surface area contributed by atoms with E-state index >= 15 is 0 Å². The Morgan fingerprint density at radius 3 is 2.53 bits per heavy atom. The van der Waals surface area contributed by atoms with E-state index in [9.17, 15) is 27.2 Å². The SMILES string of the molecule is Cc1cc(F)c(C(=O)Nc2cccc(-c3nncn3[C@@H](C)C(F)(F)F)n2)cc1CC(=O)C1CCCCCC1. The van der Waals surface area contributed by atoms with Crippen LogP contribution in [-0.2, 0) is 11.2 Å². The third kappa shape index (κ3) is 6.25. The molecular formula is C27H29F4N5O2. The molecule has 2 aromatic heterocycles. The lowest BCUT2D eigenvalue weighted by molar-refractivity contribution is -0.162. The molecule has 1 atom stereocenters. The van der Waals surface area contributed by atoms with Crippen molar-refractivity contribution in [2.75, 3.05) is 5.32 Å². The minimum atomic E-state index is -4.53. The Morgan fingerprint density at radius 1 is 1.13 bits per heavy atom. The van der Waals surface area contributed by atoms with E-state index in [1.165, 1.54) is 30.3 Å². The van der Waals surface area contributed by atoms with Crippen LogP contribution in [0.3, 0.4) is 0 Å². The van der Waals surface area contributed by atoms with E-state index in [0.717, 1.165) is 56.3 Å². The van der Waals surface area contributed by atoms with Crippen molar-refractivity contribution in [2.45, 2.75) is 71.0 Å². The highest BCUT2D eigenvalue weighted by Gasteiger charge is 2.38. The fourth-order valence-corrected chi connectivity index (χ4v) is 4.70. The second-order valence-electron chi connectivity index (χ2n) is 9.73. The molecule has 1 aliphatic rings. The summed E-state index contributed by atoms with van der Waals surface area (Å²) in [5.41, 5.74) is 0.969. The zero-order chi connectivity index (χ0) is 27.4. The number of pyridine rings is 1. The van der Waals surface area contributed by atoms with Gasteiger partial charge in [-0.05, 0) is 62.1 Å². The lowest BCUT2D eigenvalue weighted by Gasteiger charge is -2.18. The Hall–Kier alpha value is -3.63. The van der Waals surface area contributed by atoms with Crippen molar-refractivity contribution >= 4 is 17.5 Å². The maximum atomic E-state index is 14.8. The first-order chi connectivity index (χ1) is 18.0. The monoisotopic (exact) mass is 531 g/mol. The third-order valence-corrected chi connectivity index (χ3v) is 7.03. The van der Waals surface area contributed by atoms with E-state index in [1.54, 1.807) is 6.92 Å². The second kappa shape index (κ2) is 11.4. The van der Waals surface area contributed by atoms with E-state index in [0.29, 0.717) is 11.1 Å². The van der Waals surface area contributed by atoms with Gasteiger partial charge in [0.25, 0.3) is 5.91 Å². The van der Waals surface area contributed by atoms with Crippen molar-refractivity contribution in [3.05, 3.63) is 59.2 Å². The zero-order valence-corrected chi connectivity index (χ0v) is 21.2. The number of aryl methyl sites for hydroxylation is 1. The lowest BCUT2D eigenvalue weighted by atomic mass is 9.89. The molecule has 1 fully saturated rings. The maximum absolute atomic E-state index is 14.8. The molecule has 4 rings (SSSR count). The molecule has 0 spiro atoms. The number of anilines is 1. The van der Waals surface area contributed by atoms with Crippen molar-refractivity contribution in [1.82, 2.24) is 19.7 Å². The Bertz CT molecular complexity index is 1310. The van der Waals surface area contributed by atoms with Gasteiger partial charge in [-0.2, -0.15) is 13.2 Å². The summed E-state index contributed by atoms with van der Waals surface area (Å²) in [6, 6.07) is 5.07. The van der Waals surface area contributed by atoms with Crippen LogP contribution < -0.4 is 5.32 Å². The number of carbonyl (C=O) groups is 2. The summed E-state index contributed by atoms with van der Waals surface area (Å²) in [5.74, 6) is -1.60. The highest BCUT2D eigenvalue weighted by molar-refractivity contribution is 6.04. The second-order valence-corrected chi connectivity index (χ2v) is 9.73. The highest BCUT2D eigenvalue weighted by Crippen LogP contribution is 2.32. The number of amides is 1. The third-order valence-electron chi connectivity index (χ3n) is 7.03. The minimum Gasteiger partial charge on any atom is -0.306 e. The summed E-state index contributed by atoms with van der Waals surface area (Å²) in [4.78, 5) is 30.1. The van der Waals surface area contributed by atoms with Gasteiger partial charge in [-0.3, -0.25) is 9.59 Å². The molecule has 1 saturated carbocycles. The molecule has 1 aromatic carbocycles. The number of benzene rings is 1. The molecule has 0 unspecified atom stereocenters. The standard InChI is InChI=1S/C27H29F4N5O2/c1-16-12-21(28)20(13-19(16)14-23(37)18-8-5-3-4-6-9-18)26(38)34-24-11-7-10-22(33-24)25-35-32-15-36(25)17(2)27(29,30)31/h7,10-13,15,17-18H,3-6,8-9,14H2,1-2H3,(H,33,34,38)/t17-/m0/s1. The number of halogens is 4. The predicted octanol–water partition coefficient (Wildman–Crippen LogP) is 6.25. The highest BCUT2D eigenvalue weighted by atomic mass is 19.4. The van der Waals surface area contributed by atoms with Gasteiger partial charge < -0.3 is 9.88 Å². The topological polar surface area (TPSA) is 89.8 Å². The van der Waals surface area contributed by atoms with E-state index in [1.807, 2.05) is 0 Å². The summed E-state index contributed by atoms with van der Waals surface area (Å²) in [6.45, 7) is 2.67. The number of alkyl halides is 3. The van der Waals surface area contributed by atoms with Gasteiger partial charge in [-0.1, -0.05) is 31.7 Å². The number of rotatable bonds is 7. The van der Waals surface area contributed by atoms with Crippen LogP contribution in [0.1, 0.15) is 73.0 Å². The maximum Gasteiger partial charge on any atom is 0.408 e. The number of nitrogens with one attached hydrogen (secondary N) is 1. The molecule has 1 aliphatic carbocycles. The fraction of sp³-hybridized carbons (Fsp3) is 0.444. The van der Waals surface area contributed by atoms with Crippen LogP contribution in [0.4, 0.5) is 23.4 Å². The normalized spacial score (nSPS) is 15.6. The van der Waals surface area contributed by atoms with Gasteiger partial charge in [0.05, 0.1) is 5.56 Å². The first kappa shape index (κ1) is 27.4. The molecule has 3 aromatic rings. The van der Waals surface area contributed by atoms with Crippen LogP contribution in [0.25, 0.3) is 11.5 Å². The predicted molar refractivity (Wildman–Crippen MR) is 133 cm³/mol. The summed E-state index contributed by atoms with van der Waals surface area (Å²) >= 11 is 0. The summed E-state index contributed by atoms with van der Waals surface area (Å²) in [6.07, 6.45) is 2.54. The molecule has 0 bridgehead atoms. The number of nitrogens with zero attached hydrogens (tertiary/aromatic N) is 4. The molecule has 0 aliphatic heterocycles. The average Bonchev–Trinajstić information content (AvgIpc) is 3.19. The molecule has 7 nitrogen and oxygen atoms in total. The van der Waals surface area contributed by atoms with Gasteiger partial charge in [0.15, 0.2) is 5.82 Å². The van der Waals surface area contributed by atoms with Crippen molar-refractivity contribution in [3.8, 4) is 11.5 Å². The number of hydrogen-bond donors (Lipinski definition) is 1. The molecule has 202 valence electrons. The molecule has 1 amide bonds. The Morgan fingerprint density at radius 2 is 1.84 bits per heavy atom. The number of carbonyl (C=O) groups excluding carboxylic acids is 2. The van der Waals surface area contributed by atoms with Crippen molar-refractivity contribution < 1.29 is 27.2 Å². The Labute approximate surface area is 217 Å². The Kier molecular flexibility index (Phi) is 8.23. The molecular weight excluding hydrogens is 502 g/mol. The largest absolute Gasteiger partial charge is 0.408 e. The average molecular weight is 532 g/mol. The minimum absolute atomic E-state index is 0.00207. The zero-order valence-electron chi connectivity index (χ0n) is 21.2. The molecule has 0 saturated heterocycles. The van der Waals surface area contributed by atoms with Crippen LogP contribution in [0.5, 0.6) is 0 Å². The van der Waals surface area contributed by atoms with Crippen molar-refractivity contribution in [3.63, 3.8) is 0 Å². The Balaban J connectivity index is 1.53. The fourth-order valence-electron chi connectivity index (χ4n) is 4.70. The molecule has 11 heteroatoms. The van der Waals surface area contributed by atoms with Crippen LogP contribution >= 0.6 is 0 Å². The van der Waals surface area contributed by atoms with Gasteiger partial charge in [0.1, 0.15) is 35.5 Å². The number of aromatic nitrogens is 4. The summed E-state index contributed by atoms with van der Waals surface area (Å²) in [5, 5.41) is 9.82. The van der Waals surface area contributed by atoms with Crippen LogP contribution in [0, 0.1) is 18.7 Å². The van der Waals surface area contributed by atoms with E-state index in [2.05, 4.69) is 20.5 Å². The smallest absolute Gasteiger partial charge is 0.306 e. The molecule has 1 N–H and O–H groups in total. The van der Waals surface area contributed by atoms with Gasteiger partial charge in [-0.25, -0.2) is 9.37 Å². The van der Waals surface area contributed by atoms with Gasteiger partial charge in [0, 0.05) is 12.3 Å². The number of hydrogen-bond acceptors (Lipinski definition) is 5. The van der Waals surface area contributed by atoms with Gasteiger partial charge in [-0.15, -0.1) is 10.2 Å². The van der Waals surface area contributed by atoms with E-state index in [4.69, 9.17) is 0 Å². The lowest BCUT2D eigenvalue weighted by Crippen LogP contribution is -2.24. The molecule has 2 heterocycles. The van der Waals surface area contributed by atoms with Crippen LogP contribution in [-0.4, -0.2) is 37.6 Å². The summed E-state index contributed by atoms with van der Waals surface area (Å²) in [7, 11) is 0. The molecule has 38 heavy (non-hydrogen) atoms. The number of ketones is 1. The first-order valence-corrected chi connectivity index (χ1v) is 12.6. The van der Waals surface area contributed by atoms with Crippen LogP contribution in [0.2, 0.25) is 0 Å². The van der Waals surface area contributed by atoms with Crippen molar-refractivity contribution in [2.24, 2.45) is 5.92 Å². The first-order valence-electron chi connectivity index (χ1n) is 12.6. The number of Topliss-reactive ketones (excluding diaryl/α,β-unsaturated/α-hetero) is 1. The van der Waals surface area contributed by atoms with Crippen molar-refractivity contribution in [1.29, 1.82) is 0 Å². The van der Waals surface area contributed by atoms with Gasteiger partial charge >= 0.3 is 6.18 Å². The summed E-state index contributed by atoms with van der Waals surface area (Å²) < 4.78 is 55.3. The molecule has 0 radical (unpaired) electrons. The van der Waals surface area contributed by atoms with Crippen LogP contribution in [0.15, 0.2) is 36.7 Å². The van der Waals surface area contributed by atoms with E-state index < -0.39 is 23.9 Å². The van der Waals surface area contributed by atoms with Gasteiger partial charge in [0.2, 0.25) is 0 Å².